The van der Waals surface area contributed by atoms with Gasteiger partial charge in [-0.2, -0.15) is 8.42 Å². The summed E-state index contributed by atoms with van der Waals surface area (Å²) in [5, 5.41) is 11.7. The number of benzene rings is 2. The van der Waals surface area contributed by atoms with Crippen LogP contribution in [0.1, 0.15) is 44.7 Å². The van der Waals surface area contributed by atoms with Crippen LogP contribution in [0.3, 0.4) is 0 Å². The molecule has 0 aromatic heterocycles. The Morgan fingerprint density at radius 3 is 2.16 bits per heavy atom. The first kappa shape index (κ1) is 25.2. The number of hydrogen-bond acceptors (Lipinski definition) is 6. The summed E-state index contributed by atoms with van der Waals surface area (Å²) < 4.78 is 35.3. The molecule has 0 heterocycles. The molecule has 0 aliphatic heterocycles. The van der Waals surface area contributed by atoms with Gasteiger partial charge in [-0.3, -0.25) is 4.79 Å². The minimum absolute atomic E-state index is 0.0578. The van der Waals surface area contributed by atoms with Crippen molar-refractivity contribution in [1.82, 2.24) is 5.32 Å². The standard InChI is InChI=1S/C23H29NO7S/c1-16-5-12-20(13-6-16)32(28,29)31-19-10-7-17(8-11-19)15-18(9-14-21(25)26)24-22(27)30-23(2,3)4/h5-8,10-13,18H,9,14-15H2,1-4H3,(H,24,27)(H,25,26). The third-order valence-electron chi connectivity index (χ3n) is 4.35. The molecule has 174 valence electrons. The first-order valence-corrected chi connectivity index (χ1v) is 11.6. The number of alkyl carbamates (subject to hydrolysis) is 1. The second kappa shape index (κ2) is 10.5. The lowest BCUT2D eigenvalue weighted by Gasteiger charge is -2.23. The zero-order valence-electron chi connectivity index (χ0n) is 18.6. The molecule has 2 N–H and O–H groups in total. The first-order chi connectivity index (χ1) is 14.8. The Kier molecular flexibility index (Phi) is 8.26. The lowest BCUT2D eigenvalue weighted by molar-refractivity contribution is -0.137. The fourth-order valence-corrected chi connectivity index (χ4v) is 3.77. The molecule has 0 spiro atoms. The van der Waals surface area contributed by atoms with Gasteiger partial charge in [-0.15, -0.1) is 0 Å². The van der Waals surface area contributed by atoms with Crippen molar-refractivity contribution in [3.8, 4) is 5.75 Å². The molecule has 0 aliphatic carbocycles. The number of rotatable bonds is 9. The van der Waals surface area contributed by atoms with Gasteiger partial charge >= 0.3 is 22.2 Å². The maximum Gasteiger partial charge on any atom is 0.407 e. The third-order valence-corrected chi connectivity index (χ3v) is 5.61. The Morgan fingerprint density at radius 1 is 1.03 bits per heavy atom. The Balaban J connectivity index is 2.06. The number of aliphatic carboxylic acids is 1. The Labute approximate surface area is 188 Å². The fraction of sp³-hybridized carbons (Fsp3) is 0.391. The van der Waals surface area contributed by atoms with E-state index in [0.29, 0.717) is 6.42 Å². The van der Waals surface area contributed by atoms with Gasteiger partial charge in [0.1, 0.15) is 16.2 Å². The van der Waals surface area contributed by atoms with E-state index in [1.54, 1.807) is 45.0 Å². The maximum atomic E-state index is 12.4. The summed E-state index contributed by atoms with van der Waals surface area (Å²) in [5.41, 5.74) is 1.03. The summed E-state index contributed by atoms with van der Waals surface area (Å²) in [6, 6.07) is 12.2. The van der Waals surface area contributed by atoms with Crippen LogP contribution in [0.2, 0.25) is 0 Å². The average Bonchev–Trinajstić information content (AvgIpc) is 2.66. The number of hydrogen-bond donors (Lipinski definition) is 2. The highest BCUT2D eigenvalue weighted by atomic mass is 32.2. The average molecular weight is 464 g/mol. The van der Waals surface area contributed by atoms with Crippen LogP contribution in [0.25, 0.3) is 0 Å². The normalized spacial score (nSPS) is 12.6. The molecule has 8 nitrogen and oxygen atoms in total. The van der Waals surface area contributed by atoms with Crippen molar-refractivity contribution in [2.45, 2.75) is 63.5 Å². The summed E-state index contributed by atoms with van der Waals surface area (Å²) in [4.78, 5) is 23.1. The molecule has 0 saturated carbocycles. The maximum absolute atomic E-state index is 12.4. The highest BCUT2D eigenvalue weighted by Gasteiger charge is 2.21. The van der Waals surface area contributed by atoms with E-state index in [2.05, 4.69) is 5.32 Å². The van der Waals surface area contributed by atoms with E-state index in [-0.39, 0.29) is 23.5 Å². The number of carbonyl (C=O) groups is 2. The van der Waals surface area contributed by atoms with Crippen molar-refractivity contribution >= 4 is 22.2 Å². The number of carboxylic acids is 1. The molecule has 0 saturated heterocycles. The lowest BCUT2D eigenvalue weighted by Crippen LogP contribution is -2.40. The van der Waals surface area contributed by atoms with Crippen LogP contribution >= 0.6 is 0 Å². The Bertz CT molecular complexity index is 1020. The summed E-state index contributed by atoms with van der Waals surface area (Å²) >= 11 is 0. The number of amides is 1. The van der Waals surface area contributed by atoms with E-state index in [9.17, 15) is 18.0 Å². The molecule has 2 aromatic carbocycles. The first-order valence-electron chi connectivity index (χ1n) is 10.2. The number of carbonyl (C=O) groups excluding carboxylic acids is 1. The van der Waals surface area contributed by atoms with Crippen molar-refractivity contribution in [3.63, 3.8) is 0 Å². The van der Waals surface area contributed by atoms with E-state index in [1.165, 1.54) is 24.3 Å². The summed E-state index contributed by atoms with van der Waals surface area (Å²) in [7, 11) is -3.96. The van der Waals surface area contributed by atoms with Crippen LogP contribution < -0.4 is 9.50 Å². The van der Waals surface area contributed by atoms with Crippen LogP contribution in [0, 0.1) is 6.92 Å². The van der Waals surface area contributed by atoms with Crippen molar-refractivity contribution in [1.29, 1.82) is 0 Å². The van der Waals surface area contributed by atoms with Crippen molar-refractivity contribution in [2.75, 3.05) is 0 Å². The molecule has 32 heavy (non-hydrogen) atoms. The number of aryl methyl sites for hydroxylation is 1. The second-order valence-electron chi connectivity index (χ2n) is 8.47. The zero-order chi connectivity index (χ0) is 23.9. The van der Waals surface area contributed by atoms with Crippen LogP contribution in [0.15, 0.2) is 53.4 Å². The van der Waals surface area contributed by atoms with Gasteiger partial charge in [-0.05, 0) is 70.4 Å². The van der Waals surface area contributed by atoms with Gasteiger partial charge < -0.3 is 19.3 Å². The molecule has 0 fully saturated rings. The number of ether oxygens (including phenoxy) is 1. The Morgan fingerprint density at radius 2 is 1.62 bits per heavy atom. The second-order valence-corrected chi connectivity index (χ2v) is 10.0. The van der Waals surface area contributed by atoms with Gasteiger partial charge in [0.15, 0.2) is 0 Å². The van der Waals surface area contributed by atoms with Crippen LogP contribution in [-0.2, 0) is 26.1 Å². The molecule has 0 bridgehead atoms. The third kappa shape index (κ3) is 8.58. The van der Waals surface area contributed by atoms with Crippen LogP contribution in [0.5, 0.6) is 5.75 Å². The predicted molar refractivity (Wildman–Crippen MR) is 119 cm³/mol. The molecule has 0 radical (unpaired) electrons. The molecule has 0 aliphatic rings. The van der Waals surface area contributed by atoms with Gasteiger partial charge in [0.25, 0.3) is 0 Å². The van der Waals surface area contributed by atoms with Gasteiger partial charge in [-0.25, -0.2) is 4.79 Å². The molecule has 1 atom stereocenters. The summed E-state index contributed by atoms with van der Waals surface area (Å²) in [6.45, 7) is 7.07. The van der Waals surface area contributed by atoms with Crippen molar-refractivity contribution in [2.24, 2.45) is 0 Å². The minimum atomic E-state index is -3.96. The van der Waals surface area contributed by atoms with E-state index in [1.807, 2.05) is 6.92 Å². The highest BCUT2D eigenvalue weighted by molar-refractivity contribution is 7.87. The van der Waals surface area contributed by atoms with Crippen LogP contribution in [0.4, 0.5) is 4.79 Å². The predicted octanol–water partition coefficient (Wildman–Crippen LogP) is 4.06. The number of nitrogens with one attached hydrogen (secondary N) is 1. The fourth-order valence-electron chi connectivity index (χ4n) is 2.84. The molecule has 9 heteroatoms. The largest absolute Gasteiger partial charge is 0.481 e. The monoisotopic (exact) mass is 463 g/mol. The molecule has 1 unspecified atom stereocenters. The van der Waals surface area contributed by atoms with Crippen molar-refractivity contribution in [3.05, 3.63) is 59.7 Å². The summed E-state index contributed by atoms with van der Waals surface area (Å²) in [6.07, 6.45) is -0.181. The minimum Gasteiger partial charge on any atom is -0.481 e. The van der Waals surface area contributed by atoms with E-state index >= 15 is 0 Å². The van der Waals surface area contributed by atoms with Gasteiger partial charge in [0.2, 0.25) is 0 Å². The number of carboxylic acid groups (broad SMARTS) is 1. The van der Waals surface area contributed by atoms with E-state index in [0.717, 1.165) is 11.1 Å². The SMILES string of the molecule is Cc1ccc(S(=O)(=O)Oc2ccc(CC(CCC(=O)O)NC(=O)OC(C)(C)C)cc2)cc1. The Hall–Kier alpha value is -3.07. The highest BCUT2D eigenvalue weighted by Crippen LogP contribution is 2.21. The smallest absolute Gasteiger partial charge is 0.407 e. The van der Waals surface area contributed by atoms with Gasteiger partial charge in [-0.1, -0.05) is 29.8 Å². The lowest BCUT2D eigenvalue weighted by atomic mass is 10.0. The van der Waals surface area contributed by atoms with Gasteiger partial charge in [0.05, 0.1) is 0 Å². The topological polar surface area (TPSA) is 119 Å². The van der Waals surface area contributed by atoms with Gasteiger partial charge in [0, 0.05) is 12.5 Å². The molecule has 1 amide bonds. The van der Waals surface area contributed by atoms with Crippen LogP contribution in [-0.4, -0.2) is 37.2 Å². The zero-order valence-corrected chi connectivity index (χ0v) is 19.4. The summed E-state index contributed by atoms with van der Waals surface area (Å²) in [5.74, 6) is -0.817. The molecular weight excluding hydrogens is 434 g/mol. The molecule has 2 aromatic rings. The quantitative estimate of drug-likeness (QED) is 0.538. The van der Waals surface area contributed by atoms with Crippen molar-refractivity contribution < 1.29 is 32.0 Å². The van der Waals surface area contributed by atoms with E-state index in [4.69, 9.17) is 14.0 Å². The molecular formula is C23H29NO7S. The molecule has 2 rings (SSSR count). The van der Waals surface area contributed by atoms with E-state index < -0.39 is 33.8 Å².